The van der Waals surface area contributed by atoms with Crippen LogP contribution in [0.3, 0.4) is 0 Å². The Morgan fingerprint density at radius 1 is 0.500 bits per heavy atom. The first-order chi connectivity index (χ1) is 5.20. The van der Waals surface area contributed by atoms with Crippen molar-refractivity contribution in [1.82, 2.24) is 0 Å². The molecule has 0 aliphatic rings. The molecule has 0 saturated heterocycles. The van der Waals surface area contributed by atoms with Gasteiger partial charge in [-0.2, -0.15) is 0 Å². The summed E-state index contributed by atoms with van der Waals surface area (Å²) in [7, 11) is 0. The Labute approximate surface area is 128 Å². The maximum absolute atomic E-state index is 8.33. The summed E-state index contributed by atoms with van der Waals surface area (Å²) >= 11 is 0. The van der Waals surface area contributed by atoms with Gasteiger partial charge < -0.3 is 56.0 Å². The van der Waals surface area contributed by atoms with Crippen LogP contribution in [0.2, 0.25) is 0 Å². The van der Waals surface area contributed by atoms with Crippen LogP contribution >= 0.6 is 0 Å². The third kappa shape index (κ3) is 11800. The maximum Gasteiger partial charge on any atom is 0 e. The molecule has 0 aromatic rings. The van der Waals surface area contributed by atoms with E-state index in [0.29, 0.717) is 0 Å². The Balaban J connectivity index is -0.0000000135. The smallest absolute Gasteiger partial charge is 0 e. The van der Waals surface area contributed by atoms with Gasteiger partial charge in [0, 0.05) is 54.6 Å². The molecule has 0 aromatic heterocycles. The molecule has 13 heteroatoms. The van der Waals surface area contributed by atoms with Crippen LogP contribution in [-0.2, 0) is 54.6 Å². The van der Waals surface area contributed by atoms with E-state index in [9.17, 15) is 0 Å². The second-order valence-electron chi connectivity index (χ2n) is 0.750. The standard InChI is InChI=1S/3CH2O3.2Cd.2H2O/c3*2-1(3)4;;;;/h3*(H2,2,3,4);;;2*1H2/p-6. The zero-order valence-corrected chi connectivity index (χ0v) is 15.7. The molecule has 92 valence electrons. The Kier molecular flexibility index (Phi) is 103. The Bertz CT molecular complexity index is 117. The Hall–Kier alpha value is -0.426. The molecule has 4 N–H and O–H groups in total. The average molecular weight is 441 g/mol. The van der Waals surface area contributed by atoms with E-state index >= 15 is 0 Å². The van der Waals surface area contributed by atoms with Crippen LogP contribution in [0.5, 0.6) is 0 Å². The molecular weight excluding hydrogens is 437 g/mol. The second-order valence-corrected chi connectivity index (χ2v) is 0.750. The number of hydrogen-bond acceptors (Lipinski definition) is 9. The SMILES string of the molecule is O.O.O=C([O-])[O-].O=C([O-])[O-].O=C([O-])[O-].[Cd].[Cd]. The van der Waals surface area contributed by atoms with E-state index in [-0.39, 0.29) is 65.5 Å². The van der Waals surface area contributed by atoms with Gasteiger partial charge in [-0.3, -0.25) is 0 Å². The van der Waals surface area contributed by atoms with Crippen molar-refractivity contribution in [1.29, 1.82) is 0 Å². The van der Waals surface area contributed by atoms with Gasteiger partial charge >= 0.3 is 0 Å². The normalized spacial score (nSPS) is 4.50. The molecule has 0 spiro atoms. The van der Waals surface area contributed by atoms with Crippen LogP contribution < -0.4 is 30.6 Å². The van der Waals surface area contributed by atoms with Gasteiger partial charge in [-0.05, 0) is 18.5 Å². The predicted molar refractivity (Wildman–Crippen MR) is 23.4 cm³/mol. The summed E-state index contributed by atoms with van der Waals surface area (Å²) < 4.78 is 0. The third-order valence-electron chi connectivity index (χ3n) is 0. The molecule has 0 bridgehead atoms. The van der Waals surface area contributed by atoms with Crippen molar-refractivity contribution in [2.24, 2.45) is 0 Å². The average Bonchev–Trinajstić information content (AvgIpc) is 1.54. The van der Waals surface area contributed by atoms with Gasteiger partial charge in [0.05, 0.1) is 0 Å². The largest absolute Gasteiger partial charge is 0.652 e. The zero-order valence-electron chi connectivity index (χ0n) is 7.59. The quantitative estimate of drug-likeness (QED) is 0.323. The molecular formula is C3H4Cd2O11-6. The summed E-state index contributed by atoms with van der Waals surface area (Å²) in [5.41, 5.74) is 0. The van der Waals surface area contributed by atoms with Crippen LogP contribution in [0.4, 0.5) is 14.4 Å². The van der Waals surface area contributed by atoms with Gasteiger partial charge in [-0.1, -0.05) is 0 Å². The molecule has 0 unspecified atom stereocenters. The minimum absolute atomic E-state index is 0. The van der Waals surface area contributed by atoms with Crippen LogP contribution in [0, 0.1) is 0 Å². The maximum atomic E-state index is 8.33. The summed E-state index contributed by atoms with van der Waals surface area (Å²) in [5, 5.41) is 50.0. The molecule has 0 amide bonds. The molecule has 0 aromatic carbocycles. The van der Waals surface area contributed by atoms with Crippen molar-refractivity contribution in [2.75, 3.05) is 0 Å². The van der Waals surface area contributed by atoms with Gasteiger partial charge in [0.1, 0.15) is 0 Å². The first kappa shape index (κ1) is 45.0. The minimum Gasteiger partial charge on any atom is -0.652 e. The van der Waals surface area contributed by atoms with Crippen LogP contribution in [0.25, 0.3) is 0 Å². The van der Waals surface area contributed by atoms with Gasteiger partial charge in [-0.15, -0.1) is 0 Å². The topological polar surface area (TPSA) is 253 Å². The molecule has 0 saturated carbocycles. The van der Waals surface area contributed by atoms with E-state index in [1.807, 2.05) is 0 Å². The number of carboxylic acid groups (broad SMARTS) is 6. The summed E-state index contributed by atoms with van der Waals surface area (Å²) in [5.74, 6) is 0. The van der Waals surface area contributed by atoms with Gasteiger partial charge in [-0.25, -0.2) is 0 Å². The van der Waals surface area contributed by atoms with Crippen molar-refractivity contribution in [3.8, 4) is 0 Å². The van der Waals surface area contributed by atoms with E-state index < -0.39 is 18.5 Å². The summed E-state index contributed by atoms with van der Waals surface area (Å²) in [6.45, 7) is 0. The van der Waals surface area contributed by atoms with E-state index in [2.05, 4.69) is 0 Å². The van der Waals surface area contributed by atoms with E-state index in [4.69, 9.17) is 45.0 Å². The monoisotopic (exact) mass is 444 g/mol. The summed E-state index contributed by atoms with van der Waals surface area (Å²) in [6, 6.07) is 0. The van der Waals surface area contributed by atoms with Crippen LogP contribution in [0.1, 0.15) is 0 Å². The molecule has 0 aliphatic heterocycles. The van der Waals surface area contributed by atoms with E-state index in [0.717, 1.165) is 0 Å². The number of carbonyl (C=O) groups excluding carboxylic acids is 3. The van der Waals surface area contributed by atoms with Crippen molar-refractivity contribution in [3.05, 3.63) is 0 Å². The zero-order chi connectivity index (χ0) is 10.7. The van der Waals surface area contributed by atoms with E-state index in [1.54, 1.807) is 0 Å². The molecule has 16 heavy (non-hydrogen) atoms. The van der Waals surface area contributed by atoms with Gasteiger partial charge in [0.2, 0.25) is 0 Å². The number of rotatable bonds is 0. The molecule has 11 nitrogen and oxygen atoms in total. The molecule has 0 aliphatic carbocycles. The molecule has 0 atom stereocenters. The van der Waals surface area contributed by atoms with E-state index in [1.165, 1.54) is 0 Å². The number of hydrogen-bond donors (Lipinski definition) is 0. The van der Waals surface area contributed by atoms with Crippen molar-refractivity contribution < 1.29 is 111 Å². The fourth-order valence-corrected chi connectivity index (χ4v) is 0. The van der Waals surface area contributed by atoms with Crippen LogP contribution in [0.15, 0.2) is 0 Å². The Morgan fingerprint density at radius 3 is 0.500 bits per heavy atom. The fourth-order valence-electron chi connectivity index (χ4n) is 0. The third-order valence-corrected chi connectivity index (χ3v) is 0. The van der Waals surface area contributed by atoms with Crippen molar-refractivity contribution >= 4 is 18.5 Å². The summed E-state index contributed by atoms with van der Waals surface area (Å²) in [6.07, 6.45) is -7.00. The molecule has 0 radical (unpaired) electrons. The van der Waals surface area contributed by atoms with Crippen molar-refractivity contribution in [2.45, 2.75) is 0 Å². The molecule has 0 rings (SSSR count). The molecule has 0 fully saturated rings. The minimum atomic E-state index is -2.33. The molecule has 0 heterocycles. The Morgan fingerprint density at radius 2 is 0.500 bits per heavy atom. The van der Waals surface area contributed by atoms with Gasteiger partial charge in [0.15, 0.2) is 0 Å². The van der Waals surface area contributed by atoms with Gasteiger partial charge in [0.25, 0.3) is 0 Å². The second kappa shape index (κ2) is 36.5. The number of carbonyl (C=O) groups is 3. The summed E-state index contributed by atoms with van der Waals surface area (Å²) in [4.78, 5) is 25.0. The fraction of sp³-hybridized carbons (Fsp3) is 0. The first-order valence-electron chi connectivity index (χ1n) is 1.84. The van der Waals surface area contributed by atoms with Crippen LogP contribution in [-0.4, -0.2) is 29.4 Å². The first-order valence-corrected chi connectivity index (χ1v) is 1.84. The van der Waals surface area contributed by atoms with Crippen molar-refractivity contribution in [3.63, 3.8) is 0 Å². The predicted octanol–water partition coefficient (Wildman–Crippen LogP) is -9.00.